The van der Waals surface area contributed by atoms with E-state index in [4.69, 9.17) is 57.1 Å². The maximum atomic E-state index is 13.9. The first-order valence-corrected chi connectivity index (χ1v) is 22.0. The number of hydrogen-bond acceptors (Lipinski definition) is 22. The van der Waals surface area contributed by atoms with Crippen LogP contribution in [0, 0.1) is 0 Å². The molecule has 0 bridgehead atoms. The summed E-state index contributed by atoms with van der Waals surface area (Å²) in [5.74, 6) is -4.25. The number of aliphatic hydroxyl groups is 3. The van der Waals surface area contributed by atoms with E-state index >= 15 is 0 Å². The van der Waals surface area contributed by atoms with Crippen molar-refractivity contribution in [1.82, 2.24) is 14.9 Å². The maximum absolute atomic E-state index is 13.9. The fourth-order valence-corrected chi connectivity index (χ4v) is 8.63. The molecule has 7 rings (SSSR count). The molecular weight excluding hydrogens is 918 g/mol. The van der Waals surface area contributed by atoms with Crippen molar-refractivity contribution in [3.8, 4) is 11.4 Å². The van der Waals surface area contributed by atoms with Crippen molar-refractivity contribution < 1.29 is 96.2 Å². The second-order valence-corrected chi connectivity index (χ2v) is 16.4. The molecule has 11 atom stereocenters. The number of alkyl carbamates (subject to hydrolysis) is 1. The third-order valence-electron chi connectivity index (χ3n) is 11.7. The van der Waals surface area contributed by atoms with Crippen LogP contribution >= 0.6 is 0 Å². The largest absolute Gasteiger partial charge is 0.463 e. The summed E-state index contributed by atoms with van der Waals surface area (Å²) in [4.78, 5) is 94.1. The van der Waals surface area contributed by atoms with Crippen LogP contribution in [0.1, 0.15) is 57.7 Å². The van der Waals surface area contributed by atoms with Crippen LogP contribution < -0.4 is 10.9 Å². The zero-order valence-electron chi connectivity index (χ0n) is 38.2. The Balaban J connectivity index is 1.02. The van der Waals surface area contributed by atoms with Gasteiger partial charge in [0.2, 0.25) is 5.60 Å². The number of benzene rings is 1. The summed E-state index contributed by atoms with van der Waals surface area (Å²) in [6, 6.07) is 11.1. The van der Waals surface area contributed by atoms with E-state index in [1.54, 1.807) is 17.6 Å². The molecule has 3 aromatic rings. The summed E-state index contributed by atoms with van der Waals surface area (Å²) in [6.45, 7) is 3.65. The van der Waals surface area contributed by atoms with Crippen molar-refractivity contribution in [2.45, 2.75) is 121 Å². The molecule has 374 valence electrons. The Morgan fingerprint density at radius 1 is 0.841 bits per heavy atom. The number of carbonyl (C=O) groups is 6. The van der Waals surface area contributed by atoms with Gasteiger partial charge in [-0.3, -0.25) is 24.0 Å². The van der Waals surface area contributed by atoms with E-state index in [-0.39, 0.29) is 57.1 Å². The highest BCUT2D eigenvalue weighted by molar-refractivity contribution is 5.88. The number of amides is 1. The summed E-state index contributed by atoms with van der Waals surface area (Å²) in [5, 5.41) is 35.2. The molecule has 4 N–H and O–H groups in total. The molecule has 24 heteroatoms. The Hall–Kier alpha value is -6.12. The molecule has 2 fully saturated rings. The van der Waals surface area contributed by atoms with Crippen LogP contribution in [0.3, 0.4) is 0 Å². The van der Waals surface area contributed by atoms with Crippen LogP contribution in [-0.4, -0.2) is 162 Å². The number of esters is 5. The first-order chi connectivity index (χ1) is 33.0. The number of nitrogens with zero attached hydrogens (tertiary/aromatic N) is 2. The minimum Gasteiger partial charge on any atom is -0.463 e. The fourth-order valence-electron chi connectivity index (χ4n) is 8.63. The third-order valence-corrected chi connectivity index (χ3v) is 11.7. The molecule has 6 heterocycles. The molecule has 24 nitrogen and oxygen atoms in total. The van der Waals surface area contributed by atoms with Gasteiger partial charge in [-0.25, -0.2) is 14.6 Å². The van der Waals surface area contributed by atoms with Gasteiger partial charge in [-0.2, -0.15) is 0 Å². The normalized spacial score (nSPS) is 28.0. The Morgan fingerprint density at radius 3 is 2.23 bits per heavy atom. The van der Waals surface area contributed by atoms with E-state index in [2.05, 4.69) is 5.32 Å². The van der Waals surface area contributed by atoms with Crippen LogP contribution in [0.5, 0.6) is 0 Å². The highest BCUT2D eigenvalue weighted by atomic mass is 16.8. The van der Waals surface area contributed by atoms with Gasteiger partial charge in [0.05, 0.1) is 55.4 Å². The number of aliphatic hydroxyl groups excluding tert-OH is 3. The van der Waals surface area contributed by atoms with Gasteiger partial charge in [-0.05, 0) is 24.6 Å². The molecule has 0 spiro atoms. The van der Waals surface area contributed by atoms with Gasteiger partial charge in [0.1, 0.15) is 37.6 Å². The Labute approximate surface area is 392 Å². The molecule has 1 amide bonds. The number of fused-ring (bicyclic) bond motifs is 5. The van der Waals surface area contributed by atoms with Crippen LogP contribution in [0.2, 0.25) is 0 Å². The van der Waals surface area contributed by atoms with E-state index in [0.29, 0.717) is 11.4 Å². The van der Waals surface area contributed by atoms with Crippen molar-refractivity contribution in [3.05, 3.63) is 63.4 Å². The van der Waals surface area contributed by atoms with Gasteiger partial charge in [0, 0.05) is 50.8 Å². The minimum absolute atomic E-state index is 0.0703. The monoisotopic (exact) mass is 971 g/mol. The standard InChI is InChI=1S/C45H53N3O21/c1-6-45(28-16-30-33-26(15-25-9-7-8-10-29(25)47-33)17-48(30)40(56)27(28)19-62-43(45)57)69-44(58)46-11-12-59-13-14-60-42-39(68-41-35(55)37(64-23(4)52)34(54)31(18-49)66-41)38(65-24(5)53)36(63-22(3)51)32(67-42)20-61-21(2)50/h7-10,15-16,31-32,34-39,41-42,49,54-55H,6,11-14,17-20H2,1-5H3,(H,46,58)/t31-,32-,34-,35-,36-,37+,38+,39+,41-,42-,45+/m1/s1. The lowest BCUT2D eigenvalue weighted by Gasteiger charge is -2.47. The lowest BCUT2D eigenvalue weighted by atomic mass is 9.85. The average molecular weight is 972 g/mol. The van der Waals surface area contributed by atoms with E-state index in [9.17, 15) is 48.9 Å². The number of cyclic esters (lactones) is 1. The third kappa shape index (κ3) is 10.9. The van der Waals surface area contributed by atoms with Crippen molar-refractivity contribution in [2.24, 2.45) is 0 Å². The van der Waals surface area contributed by atoms with Gasteiger partial charge < -0.3 is 77.3 Å². The maximum Gasteiger partial charge on any atom is 0.408 e. The van der Waals surface area contributed by atoms with Crippen molar-refractivity contribution in [1.29, 1.82) is 0 Å². The molecular formula is C45H53N3O21. The highest BCUT2D eigenvalue weighted by Gasteiger charge is 2.56. The Morgan fingerprint density at radius 2 is 1.54 bits per heavy atom. The second-order valence-electron chi connectivity index (χ2n) is 16.4. The molecule has 0 aliphatic carbocycles. The van der Waals surface area contributed by atoms with E-state index < -0.39 is 122 Å². The van der Waals surface area contributed by atoms with E-state index in [1.807, 2.05) is 30.3 Å². The molecule has 0 saturated carbocycles. The Bertz CT molecular complexity index is 2500. The lowest BCUT2D eigenvalue weighted by Crippen LogP contribution is -2.66. The molecule has 0 unspecified atom stereocenters. The van der Waals surface area contributed by atoms with Gasteiger partial charge in [-0.1, -0.05) is 25.1 Å². The number of hydrogen-bond donors (Lipinski definition) is 4. The number of pyridine rings is 2. The summed E-state index contributed by atoms with van der Waals surface area (Å²) in [7, 11) is 0. The van der Waals surface area contributed by atoms with Crippen molar-refractivity contribution in [3.63, 3.8) is 0 Å². The first kappa shape index (κ1) is 50.7. The predicted molar refractivity (Wildman–Crippen MR) is 228 cm³/mol. The van der Waals surface area contributed by atoms with Crippen LogP contribution in [0.4, 0.5) is 4.79 Å². The molecule has 1 aromatic carbocycles. The number of nitrogens with one attached hydrogen (secondary N) is 1. The highest BCUT2D eigenvalue weighted by Crippen LogP contribution is 2.41. The van der Waals surface area contributed by atoms with Crippen molar-refractivity contribution >= 4 is 46.8 Å². The SMILES string of the molecule is CC[C@@]1(OC(=O)NCCOCCO[C@@H]2O[C@H](COC(C)=O)[C@@H](OC(C)=O)[C@H](OC(C)=O)[C@@H]2O[C@H]2O[C@H](CO)[C@@H](O)[C@H](OC(C)=O)[C@H]2O)C(=O)OCc2c1cc1n(c2=O)Cc2cc3ccccc3nc2-1. The molecule has 69 heavy (non-hydrogen) atoms. The molecule has 4 aliphatic heterocycles. The molecule has 0 radical (unpaired) electrons. The van der Waals surface area contributed by atoms with E-state index in [1.165, 1.54) is 0 Å². The second kappa shape index (κ2) is 21.7. The fraction of sp³-hybridized carbons (Fsp3) is 0.556. The number of para-hydroxylation sites is 1. The number of aromatic nitrogens is 2. The Kier molecular flexibility index (Phi) is 15.9. The van der Waals surface area contributed by atoms with Crippen LogP contribution in [0.25, 0.3) is 22.3 Å². The quantitative estimate of drug-likeness (QED) is 0.0602. The molecule has 2 aromatic heterocycles. The predicted octanol–water partition coefficient (Wildman–Crippen LogP) is -0.246. The van der Waals surface area contributed by atoms with Gasteiger partial charge in [-0.15, -0.1) is 0 Å². The zero-order valence-corrected chi connectivity index (χ0v) is 38.2. The topological polar surface area (TPSA) is 312 Å². The lowest BCUT2D eigenvalue weighted by molar-refractivity contribution is -0.368. The number of rotatable bonds is 17. The average Bonchev–Trinajstić information content (AvgIpc) is 3.66. The first-order valence-electron chi connectivity index (χ1n) is 22.0. The zero-order chi connectivity index (χ0) is 49.7. The summed E-state index contributed by atoms with van der Waals surface area (Å²) < 4.78 is 63.4. The van der Waals surface area contributed by atoms with Gasteiger partial charge in [0.15, 0.2) is 37.0 Å². The summed E-state index contributed by atoms with van der Waals surface area (Å²) in [6.07, 6.45) is -17.4. The minimum atomic E-state index is -1.97. The van der Waals surface area contributed by atoms with Gasteiger partial charge >= 0.3 is 35.9 Å². The summed E-state index contributed by atoms with van der Waals surface area (Å²) in [5.41, 5.74) is 0.569. The number of ether oxygens (including phenoxy) is 11. The number of carbonyl (C=O) groups excluding carboxylic acids is 6. The molecule has 4 aliphatic rings. The van der Waals surface area contributed by atoms with E-state index in [0.717, 1.165) is 44.2 Å². The van der Waals surface area contributed by atoms with Crippen molar-refractivity contribution in [2.75, 3.05) is 39.6 Å². The van der Waals surface area contributed by atoms with Gasteiger partial charge in [0.25, 0.3) is 5.56 Å². The smallest absolute Gasteiger partial charge is 0.408 e. The van der Waals surface area contributed by atoms with Crippen LogP contribution in [-0.2, 0) is 94.8 Å². The molecule has 2 saturated heterocycles. The van der Waals surface area contributed by atoms with Crippen LogP contribution in [0.15, 0.2) is 41.2 Å². The summed E-state index contributed by atoms with van der Waals surface area (Å²) >= 11 is 0.